The molecule has 2 rings (SSSR count). The molecule has 0 bridgehead atoms. The monoisotopic (exact) mass is 257 g/mol. The van der Waals surface area contributed by atoms with Gasteiger partial charge in [-0.3, -0.25) is 9.59 Å². The van der Waals surface area contributed by atoms with Crippen LogP contribution in [0.4, 0.5) is 0 Å². The molecule has 2 aliphatic rings. The van der Waals surface area contributed by atoms with Crippen LogP contribution < -0.4 is 0 Å². The second-order valence-electron chi connectivity index (χ2n) is 5.00. The Morgan fingerprint density at radius 3 is 2.59 bits per heavy atom. The van der Waals surface area contributed by atoms with E-state index in [1.54, 1.807) is 0 Å². The molecule has 1 amide bonds. The molecule has 4 nitrogen and oxygen atoms in total. The number of thioether (sulfide) groups is 1. The maximum atomic E-state index is 12.3. The number of carbonyl (C=O) groups excluding carboxylic acids is 1. The van der Waals surface area contributed by atoms with Crippen LogP contribution in [0.1, 0.15) is 26.2 Å². The topological polar surface area (TPSA) is 57.6 Å². The van der Waals surface area contributed by atoms with Crippen LogP contribution in [0.15, 0.2) is 0 Å². The van der Waals surface area contributed by atoms with E-state index < -0.39 is 5.97 Å². The molecular weight excluding hydrogens is 238 g/mol. The molecule has 1 aliphatic carbocycles. The van der Waals surface area contributed by atoms with Crippen LogP contribution in [0.2, 0.25) is 0 Å². The van der Waals surface area contributed by atoms with E-state index in [9.17, 15) is 9.59 Å². The summed E-state index contributed by atoms with van der Waals surface area (Å²) in [5.41, 5.74) is 0. The quantitative estimate of drug-likeness (QED) is 0.813. The van der Waals surface area contributed by atoms with Crippen molar-refractivity contribution >= 4 is 23.6 Å². The van der Waals surface area contributed by atoms with Gasteiger partial charge in [0.15, 0.2) is 0 Å². The summed E-state index contributed by atoms with van der Waals surface area (Å²) in [4.78, 5) is 25.1. The summed E-state index contributed by atoms with van der Waals surface area (Å²) in [5, 5.41) is 8.95. The maximum Gasteiger partial charge on any atom is 0.306 e. The Bertz CT molecular complexity index is 321. The summed E-state index contributed by atoms with van der Waals surface area (Å²) < 4.78 is 0. The lowest BCUT2D eigenvalue weighted by atomic mass is 10.0. The second kappa shape index (κ2) is 5.29. The first kappa shape index (κ1) is 12.7. The van der Waals surface area contributed by atoms with Crippen molar-refractivity contribution in [2.24, 2.45) is 11.8 Å². The van der Waals surface area contributed by atoms with E-state index in [0.29, 0.717) is 18.9 Å². The van der Waals surface area contributed by atoms with Gasteiger partial charge in [0, 0.05) is 30.0 Å². The predicted octanol–water partition coefficient (Wildman–Crippen LogP) is 1.45. The molecule has 0 spiro atoms. The lowest BCUT2D eigenvalue weighted by molar-refractivity contribution is -0.141. The van der Waals surface area contributed by atoms with Crippen LogP contribution in [0, 0.1) is 11.8 Å². The van der Waals surface area contributed by atoms with Gasteiger partial charge >= 0.3 is 5.97 Å². The molecule has 0 aromatic heterocycles. The van der Waals surface area contributed by atoms with Crippen molar-refractivity contribution in [1.82, 2.24) is 4.90 Å². The summed E-state index contributed by atoms with van der Waals surface area (Å²) in [6.45, 7) is 2.90. The van der Waals surface area contributed by atoms with Gasteiger partial charge in [-0.1, -0.05) is 0 Å². The molecule has 17 heavy (non-hydrogen) atoms. The summed E-state index contributed by atoms with van der Waals surface area (Å²) in [6.07, 6.45) is 1.93. The molecule has 3 atom stereocenters. The number of nitrogens with zero attached hydrogens (tertiary/aromatic N) is 1. The zero-order valence-electron chi connectivity index (χ0n) is 10.1. The number of amides is 1. The van der Waals surface area contributed by atoms with E-state index in [0.717, 1.165) is 24.5 Å². The molecule has 0 aromatic carbocycles. The standard InChI is InChI=1S/C12H19NO3S/c1-8-7-17-5-4-13(8)11(14)9-2-3-10(6-9)12(15)16/h8-10H,2-7H2,1H3,(H,15,16). The van der Waals surface area contributed by atoms with Gasteiger partial charge in [-0.2, -0.15) is 11.8 Å². The minimum Gasteiger partial charge on any atom is -0.481 e. The SMILES string of the molecule is CC1CSCCN1C(=O)C1CCC(C(=O)O)C1. The van der Waals surface area contributed by atoms with E-state index in [1.165, 1.54) is 0 Å². The fraction of sp³-hybridized carbons (Fsp3) is 0.833. The molecule has 5 heteroatoms. The van der Waals surface area contributed by atoms with Gasteiger partial charge in [-0.15, -0.1) is 0 Å². The molecule has 1 saturated carbocycles. The van der Waals surface area contributed by atoms with Crippen molar-refractivity contribution in [3.63, 3.8) is 0 Å². The first-order chi connectivity index (χ1) is 8.09. The van der Waals surface area contributed by atoms with E-state index in [4.69, 9.17) is 5.11 Å². The summed E-state index contributed by atoms with van der Waals surface area (Å²) >= 11 is 1.88. The average molecular weight is 257 g/mol. The Morgan fingerprint density at radius 2 is 2.00 bits per heavy atom. The van der Waals surface area contributed by atoms with Gasteiger partial charge in [0.1, 0.15) is 0 Å². The first-order valence-corrected chi connectivity index (χ1v) is 7.36. The van der Waals surface area contributed by atoms with Crippen LogP contribution in [-0.2, 0) is 9.59 Å². The third-order valence-corrected chi connectivity index (χ3v) is 4.97. The third kappa shape index (κ3) is 2.76. The lowest BCUT2D eigenvalue weighted by Crippen LogP contribution is -2.46. The highest BCUT2D eigenvalue weighted by Gasteiger charge is 2.37. The second-order valence-corrected chi connectivity index (χ2v) is 6.15. The van der Waals surface area contributed by atoms with E-state index in [1.807, 2.05) is 16.7 Å². The maximum absolute atomic E-state index is 12.3. The summed E-state index contributed by atoms with van der Waals surface area (Å²) in [5.74, 6) is 1.08. The first-order valence-electron chi connectivity index (χ1n) is 6.20. The van der Waals surface area contributed by atoms with Crippen LogP contribution in [0.3, 0.4) is 0 Å². The molecule has 3 unspecified atom stereocenters. The Labute approximate surface area is 106 Å². The number of hydrogen-bond donors (Lipinski definition) is 1. The summed E-state index contributed by atoms with van der Waals surface area (Å²) in [7, 11) is 0. The normalized spacial score (nSPS) is 33.7. The predicted molar refractivity (Wildman–Crippen MR) is 67.0 cm³/mol. The van der Waals surface area contributed by atoms with Crippen molar-refractivity contribution in [2.75, 3.05) is 18.1 Å². The van der Waals surface area contributed by atoms with Gasteiger partial charge in [0.2, 0.25) is 5.91 Å². The van der Waals surface area contributed by atoms with Gasteiger partial charge in [0.05, 0.1) is 5.92 Å². The Hall–Kier alpha value is -0.710. The lowest BCUT2D eigenvalue weighted by Gasteiger charge is -2.34. The van der Waals surface area contributed by atoms with Gasteiger partial charge in [-0.05, 0) is 26.2 Å². The Balaban J connectivity index is 1.94. The molecule has 1 saturated heterocycles. The molecule has 1 aliphatic heterocycles. The minimum absolute atomic E-state index is 0.0540. The van der Waals surface area contributed by atoms with E-state index >= 15 is 0 Å². The fourth-order valence-electron chi connectivity index (χ4n) is 2.72. The number of carbonyl (C=O) groups is 2. The highest BCUT2D eigenvalue weighted by Crippen LogP contribution is 2.33. The molecule has 1 heterocycles. The van der Waals surface area contributed by atoms with E-state index in [2.05, 4.69) is 6.92 Å². The number of carboxylic acids is 1. The Kier molecular flexibility index (Phi) is 3.97. The van der Waals surface area contributed by atoms with Gasteiger partial charge in [-0.25, -0.2) is 0 Å². The molecule has 0 radical (unpaired) electrons. The average Bonchev–Trinajstić information content (AvgIpc) is 2.78. The minimum atomic E-state index is -0.748. The number of rotatable bonds is 2. The van der Waals surface area contributed by atoms with Crippen molar-refractivity contribution in [2.45, 2.75) is 32.2 Å². The molecule has 2 fully saturated rings. The zero-order chi connectivity index (χ0) is 12.4. The number of aliphatic carboxylic acids is 1. The number of carboxylic acid groups (broad SMARTS) is 1. The van der Waals surface area contributed by atoms with Crippen molar-refractivity contribution in [3.8, 4) is 0 Å². The fourth-order valence-corrected chi connectivity index (χ4v) is 3.73. The number of hydrogen-bond acceptors (Lipinski definition) is 3. The van der Waals surface area contributed by atoms with Crippen molar-refractivity contribution < 1.29 is 14.7 Å². The third-order valence-electron chi connectivity index (χ3n) is 3.78. The zero-order valence-corrected chi connectivity index (χ0v) is 10.9. The van der Waals surface area contributed by atoms with E-state index in [-0.39, 0.29) is 17.7 Å². The van der Waals surface area contributed by atoms with Crippen LogP contribution >= 0.6 is 11.8 Å². The highest BCUT2D eigenvalue weighted by molar-refractivity contribution is 7.99. The van der Waals surface area contributed by atoms with Crippen molar-refractivity contribution in [3.05, 3.63) is 0 Å². The van der Waals surface area contributed by atoms with Gasteiger partial charge in [0.25, 0.3) is 0 Å². The molecular formula is C12H19NO3S. The largest absolute Gasteiger partial charge is 0.481 e. The van der Waals surface area contributed by atoms with Crippen molar-refractivity contribution in [1.29, 1.82) is 0 Å². The van der Waals surface area contributed by atoms with Crippen LogP contribution in [0.5, 0.6) is 0 Å². The smallest absolute Gasteiger partial charge is 0.306 e. The molecule has 96 valence electrons. The van der Waals surface area contributed by atoms with Gasteiger partial charge < -0.3 is 10.0 Å². The highest BCUT2D eigenvalue weighted by atomic mass is 32.2. The van der Waals surface area contributed by atoms with Crippen LogP contribution in [0.25, 0.3) is 0 Å². The Morgan fingerprint density at radius 1 is 1.29 bits per heavy atom. The molecule has 1 N–H and O–H groups in total. The molecule has 0 aromatic rings. The summed E-state index contributed by atoms with van der Waals surface area (Å²) in [6, 6.07) is 0.296. The van der Waals surface area contributed by atoms with Crippen LogP contribution in [-0.4, -0.2) is 46.0 Å².